The Balaban J connectivity index is 1.76. The van der Waals surface area contributed by atoms with Crippen LogP contribution in [0.2, 0.25) is 0 Å². The van der Waals surface area contributed by atoms with Crippen molar-refractivity contribution in [3.05, 3.63) is 83.9 Å². The van der Waals surface area contributed by atoms with E-state index in [4.69, 9.17) is 0 Å². The Hall–Kier alpha value is -2.17. The Bertz CT molecular complexity index is 868. The molecule has 0 aromatic heterocycles. The van der Waals surface area contributed by atoms with Gasteiger partial charge in [0.1, 0.15) is 0 Å². The molecular formula is C18H17NO2S. The molecule has 3 aromatic carbocycles. The van der Waals surface area contributed by atoms with Crippen LogP contribution in [0.1, 0.15) is 11.1 Å². The zero-order valence-electron chi connectivity index (χ0n) is 12.1. The lowest BCUT2D eigenvalue weighted by molar-refractivity contribution is 0.580. The molecule has 0 aliphatic heterocycles. The van der Waals surface area contributed by atoms with E-state index in [1.165, 1.54) is 0 Å². The summed E-state index contributed by atoms with van der Waals surface area (Å²) >= 11 is 0. The molecule has 0 bridgehead atoms. The minimum atomic E-state index is -3.35. The van der Waals surface area contributed by atoms with Crippen molar-refractivity contribution in [2.45, 2.75) is 12.3 Å². The summed E-state index contributed by atoms with van der Waals surface area (Å²) in [4.78, 5) is 0. The maximum Gasteiger partial charge on any atom is 0.216 e. The molecule has 0 saturated carbocycles. The predicted octanol–water partition coefficient (Wildman–Crippen LogP) is 3.46. The molecule has 0 spiro atoms. The molecule has 0 heterocycles. The van der Waals surface area contributed by atoms with Crippen molar-refractivity contribution < 1.29 is 8.42 Å². The number of hydrogen-bond acceptors (Lipinski definition) is 2. The Kier molecular flexibility index (Phi) is 4.22. The molecule has 0 aliphatic carbocycles. The number of sulfonamides is 1. The summed E-state index contributed by atoms with van der Waals surface area (Å²) in [6.07, 6.45) is 0. The van der Waals surface area contributed by atoms with Gasteiger partial charge in [0.2, 0.25) is 10.0 Å². The largest absolute Gasteiger partial charge is 0.216 e. The van der Waals surface area contributed by atoms with Crippen LogP contribution in [0.15, 0.2) is 72.8 Å². The highest BCUT2D eigenvalue weighted by Crippen LogP contribution is 2.18. The van der Waals surface area contributed by atoms with Gasteiger partial charge in [0.25, 0.3) is 0 Å². The lowest BCUT2D eigenvalue weighted by atomic mass is 10.1. The van der Waals surface area contributed by atoms with Gasteiger partial charge in [-0.1, -0.05) is 72.8 Å². The van der Waals surface area contributed by atoms with Crippen LogP contribution in [0.3, 0.4) is 0 Å². The Morgan fingerprint density at radius 1 is 0.773 bits per heavy atom. The molecule has 22 heavy (non-hydrogen) atoms. The summed E-state index contributed by atoms with van der Waals surface area (Å²) in [5.41, 5.74) is 1.77. The van der Waals surface area contributed by atoms with Gasteiger partial charge in [-0.2, -0.15) is 0 Å². The quantitative estimate of drug-likeness (QED) is 0.784. The van der Waals surface area contributed by atoms with Gasteiger partial charge in [0, 0.05) is 6.54 Å². The van der Waals surface area contributed by atoms with Gasteiger partial charge in [0.15, 0.2) is 0 Å². The molecule has 0 atom stereocenters. The normalized spacial score (nSPS) is 11.6. The van der Waals surface area contributed by atoms with Crippen LogP contribution in [0, 0.1) is 0 Å². The van der Waals surface area contributed by atoms with E-state index in [1.54, 1.807) is 0 Å². The molecule has 3 rings (SSSR count). The molecule has 0 aliphatic rings. The highest BCUT2D eigenvalue weighted by atomic mass is 32.2. The number of benzene rings is 3. The Morgan fingerprint density at radius 2 is 1.45 bits per heavy atom. The van der Waals surface area contributed by atoms with Crippen molar-refractivity contribution in [1.29, 1.82) is 0 Å². The lowest BCUT2D eigenvalue weighted by Gasteiger charge is -2.09. The molecule has 4 heteroatoms. The Morgan fingerprint density at radius 3 is 2.27 bits per heavy atom. The van der Waals surface area contributed by atoms with Crippen molar-refractivity contribution in [2.24, 2.45) is 0 Å². The fourth-order valence-corrected chi connectivity index (χ4v) is 3.59. The van der Waals surface area contributed by atoms with E-state index < -0.39 is 10.0 Å². The second-order valence-electron chi connectivity index (χ2n) is 5.20. The number of nitrogens with one attached hydrogen (secondary N) is 1. The highest BCUT2D eigenvalue weighted by molar-refractivity contribution is 7.88. The third kappa shape index (κ3) is 3.53. The van der Waals surface area contributed by atoms with E-state index in [0.717, 1.165) is 21.9 Å². The van der Waals surface area contributed by atoms with Crippen molar-refractivity contribution in [1.82, 2.24) is 4.72 Å². The molecule has 0 saturated heterocycles. The van der Waals surface area contributed by atoms with Gasteiger partial charge in [-0.25, -0.2) is 13.1 Å². The van der Waals surface area contributed by atoms with Crippen molar-refractivity contribution in [3.63, 3.8) is 0 Å². The molecule has 3 aromatic rings. The molecule has 0 amide bonds. The second kappa shape index (κ2) is 6.30. The van der Waals surface area contributed by atoms with Crippen molar-refractivity contribution in [2.75, 3.05) is 0 Å². The van der Waals surface area contributed by atoms with Crippen LogP contribution in [0.5, 0.6) is 0 Å². The first-order valence-electron chi connectivity index (χ1n) is 7.12. The number of rotatable bonds is 5. The zero-order valence-corrected chi connectivity index (χ0v) is 12.9. The smallest absolute Gasteiger partial charge is 0.212 e. The minimum Gasteiger partial charge on any atom is -0.212 e. The first-order valence-corrected chi connectivity index (χ1v) is 8.77. The molecule has 1 N–H and O–H groups in total. The first-order chi connectivity index (χ1) is 10.6. The fraction of sp³-hybridized carbons (Fsp3) is 0.111. The number of hydrogen-bond donors (Lipinski definition) is 1. The first kappa shape index (κ1) is 14.8. The van der Waals surface area contributed by atoms with Gasteiger partial charge < -0.3 is 0 Å². The van der Waals surface area contributed by atoms with E-state index in [2.05, 4.69) is 4.72 Å². The van der Waals surface area contributed by atoms with Crippen LogP contribution >= 0.6 is 0 Å². The van der Waals surface area contributed by atoms with Crippen molar-refractivity contribution >= 4 is 20.8 Å². The van der Waals surface area contributed by atoms with Crippen LogP contribution in [-0.4, -0.2) is 8.42 Å². The molecule has 3 nitrogen and oxygen atoms in total. The Labute approximate surface area is 130 Å². The SMILES string of the molecule is O=S(=O)(Cc1ccccc1)NCc1cccc2ccccc12. The highest BCUT2D eigenvalue weighted by Gasteiger charge is 2.11. The van der Waals surface area contributed by atoms with Crippen LogP contribution in [0.4, 0.5) is 0 Å². The van der Waals surface area contributed by atoms with Crippen LogP contribution in [0.25, 0.3) is 10.8 Å². The molecule has 0 fully saturated rings. The van der Waals surface area contributed by atoms with E-state index in [0.29, 0.717) is 6.54 Å². The summed E-state index contributed by atoms with van der Waals surface area (Å²) in [6.45, 7) is 0.302. The van der Waals surface area contributed by atoms with Gasteiger partial charge in [-0.15, -0.1) is 0 Å². The average Bonchev–Trinajstić information content (AvgIpc) is 2.53. The molecular weight excluding hydrogens is 294 g/mol. The summed E-state index contributed by atoms with van der Waals surface area (Å²) in [7, 11) is -3.35. The maximum atomic E-state index is 12.2. The van der Waals surface area contributed by atoms with Crippen LogP contribution in [-0.2, 0) is 22.3 Å². The summed E-state index contributed by atoms with van der Waals surface area (Å²) in [5, 5.41) is 2.19. The standard InChI is InChI=1S/C18H17NO2S/c20-22(21,14-15-7-2-1-3-8-15)19-13-17-11-6-10-16-9-4-5-12-18(16)17/h1-12,19H,13-14H2. The minimum absolute atomic E-state index is 0.00138. The summed E-state index contributed by atoms with van der Waals surface area (Å²) in [5.74, 6) is -0.00138. The average molecular weight is 311 g/mol. The lowest BCUT2D eigenvalue weighted by Crippen LogP contribution is -2.24. The van der Waals surface area contributed by atoms with Gasteiger partial charge in [0.05, 0.1) is 5.75 Å². The second-order valence-corrected chi connectivity index (χ2v) is 7.01. The maximum absolute atomic E-state index is 12.2. The van der Waals surface area contributed by atoms with E-state index in [-0.39, 0.29) is 5.75 Å². The van der Waals surface area contributed by atoms with Gasteiger partial charge >= 0.3 is 0 Å². The molecule has 0 unspecified atom stereocenters. The topological polar surface area (TPSA) is 46.2 Å². The van der Waals surface area contributed by atoms with E-state index in [1.807, 2.05) is 72.8 Å². The van der Waals surface area contributed by atoms with E-state index in [9.17, 15) is 8.42 Å². The molecule has 112 valence electrons. The van der Waals surface area contributed by atoms with Gasteiger partial charge in [-0.05, 0) is 21.9 Å². The summed E-state index contributed by atoms with van der Waals surface area (Å²) < 4.78 is 27.1. The zero-order chi connectivity index (χ0) is 15.4. The summed E-state index contributed by atoms with van der Waals surface area (Å²) in [6, 6.07) is 23.1. The predicted molar refractivity (Wildman–Crippen MR) is 89.9 cm³/mol. The monoisotopic (exact) mass is 311 g/mol. The van der Waals surface area contributed by atoms with Crippen molar-refractivity contribution in [3.8, 4) is 0 Å². The molecule has 0 radical (unpaired) electrons. The number of fused-ring (bicyclic) bond motifs is 1. The van der Waals surface area contributed by atoms with E-state index >= 15 is 0 Å². The van der Waals surface area contributed by atoms with Crippen LogP contribution < -0.4 is 4.72 Å². The fourth-order valence-electron chi connectivity index (χ4n) is 2.48. The third-order valence-electron chi connectivity index (χ3n) is 3.56. The third-order valence-corrected chi connectivity index (χ3v) is 4.86. The van der Waals surface area contributed by atoms with Gasteiger partial charge in [-0.3, -0.25) is 0 Å².